The topological polar surface area (TPSA) is 210 Å². The number of benzene rings is 7. The Morgan fingerprint density at radius 3 is 2.36 bits per heavy atom. The minimum atomic E-state index is -1.09. The molecule has 0 unspecified atom stereocenters. The number of phenolic OH excluding ortho intramolecular Hbond substituents is 2. The van der Waals surface area contributed by atoms with E-state index in [9.17, 15) is 35.7 Å². The van der Waals surface area contributed by atoms with Gasteiger partial charge >= 0.3 is 0 Å². The lowest BCUT2D eigenvalue weighted by molar-refractivity contribution is -0.119. The molecule has 500 valence electrons. The Balaban J connectivity index is 0.963. The number of piperidine rings is 1. The molecule has 0 amide bonds. The fraction of sp³-hybridized carbons (Fsp3) is 0.436. The maximum Gasteiger partial charge on any atom is 0.238 e. The molecule has 1 aromatic heterocycles. The van der Waals surface area contributed by atoms with E-state index in [-0.39, 0.29) is 118 Å². The third-order valence-corrected chi connectivity index (χ3v) is 30.8. The number of carbonyl (C=O) groups excluding carboxylic acids is 1. The van der Waals surface area contributed by atoms with Gasteiger partial charge in [0, 0.05) is 89.5 Å². The number of rotatable bonds is 7. The van der Waals surface area contributed by atoms with Crippen molar-refractivity contribution in [2.24, 2.45) is 17.8 Å². The summed E-state index contributed by atoms with van der Waals surface area (Å²) in [6.07, 6.45) is 3.57. The summed E-state index contributed by atoms with van der Waals surface area (Å²) in [5.41, 5.74) is 12.5. The van der Waals surface area contributed by atoms with Crippen LogP contribution < -0.4 is 15.5 Å². The maximum absolute atomic E-state index is 16.0. The van der Waals surface area contributed by atoms with Crippen LogP contribution in [0.25, 0.3) is 44.2 Å². The van der Waals surface area contributed by atoms with Crippen LogP contribution in [0.15, 0.2) is 112 Å². The minimum Gasteiger partial charge on any atom is -0.507 e. The molecule has 1 spiro atoms. The smallest absolute Gasteiger partial charge is 0.238 e. The van der Waals surface area contributed by atoms with Gasteiger partial charge in [-0.2, -0.15) is 0 Å². The molecule has 12 atom stereocenters. The molecular formula is C78H81NO11S6. The second-order valence-corrected chi connectivity index (χ2v) is 36.6. The molecule has 2 aliphatic carbocycles. The third-order valence-electron chi connectivity index (χ3n) is 22.3. The van der Waals surface area contributed by atoms with Gasteiger partial charge < -0.3 is 50.2 Å². The van der Waals surface area contributed by atoms with E-state index >= 15 is 9.59 Å². The van der Waals surface area contributed by atoms with E-state index in [2.05, 4.69) is 110 Å². The first-order chi connectivity index (χ1) is 46.7. The standard InChI is InChI=1S/C78H81NO11S6/c1-39(2)23-49-30-53-57-37-94-95-65-31-48-26-42-7-3-9-44(24-42)56(36-92-93-38-59(48)79-71(65)47-10-4-8-43(25-47)27-52(57)72(49)85)61(83)28-40-13-15-41(16-14-40)35-78-58-18-17-46-29-45(11-5-20-80)50(19-21-81)51-32-54-67(69(58)66(46)51)55(77(78)88)33-63(60(82)12-6-22-91-96-78)89-76-68(54)62(84)34-64-70(76)73(86)74(87)75(53)90-64/h3-4,7-10,13-18,24-25,30,32,34,39,45,48,50,55-56,59-60,63,65,71,77,79-82,84-85,87-88H,5-6,11-12,19-23,26-29,31,33,35-38H2,1-2H3/t45-,48+,50-,55-,56-,59-,60+,63+,65-,71-,77+,78+/m1/s1. The first-order valence-corrected chi connectivity index (χ1v) is 41.5. The molecule has 21 bridgehead atoms. The zero-order valence-electron chi connectivity index (χ0n) is 53.9. The lowest BCUT2D eigenvalue weighted by Gasteiger charge is -2.49. The monoisotopic (exact) mass is 1400 g/mol. The van der Waals surface area contributed by atoms with Crippen LogP contribution in [-0.2, 0) is 53.8 Å². The van der Waals surface area contributed by atoms with Gasteiger partial charge in [0.2, 0.25) is 11.2 Å². The lowest BCUT2D eigenvalue weighted by Crippen LogP contribution is -2.50. The van der Waals surface area contributed by atoms with Gasteiger partial charge in [-0.3, -0.25) is 9.59 Å². The molecule has 8 aromatic rings. The van der Waals surface area contributed by atoms with Crippen molar-refractivity contribution in [3.05, 3.63) is 186 Å². The zero-order valence-corrected chi connectivity index (χ0v) is 58.8. The van der Waals surface area contributed by atoms with Crippen molar-refractivity contribution in [3.63, 3.8) is 0 Å². The summed E-state index contributed by atoms with van der Waals surface area (Å²) < 4.78 is 13.3. The van der Waals surface area contributed by atoms with Crippen molar-refractivity contribution < 1.29 is 49.7 Å². The highest BCUT2D eigenvalue weighted by molar-refractivity contribution is 8.77. The van der Waals surface area contributed by atoms with Crippen molar-refractivity contribution in [2.45, 2.75) is 161 Å². The average molecular weight is 1400 g/mol. The zero-order chi connectivity index (χ0) is 65.8. The number of hydrogen-bond donors (Lipinski definition) is 8. The highest BCUT2D eigenvalue weighted by atomic mass is 33.1. The van der Waals surface area contributed by atoms with Gasteiger partial charge in [-0.1, -0.05) is 164 Å². The number of ether oxygens (including phenoxy) is 1. The first kappa shape index (κ1) is 65.4. The largest absolute Gasteiger partial charge is 0.507 e. The summed E-state index contributed by atoms with van der Waals surface area (Å²) in [7, 11) is 10.5. The highest BCUT2D eigenvalue weighted by Gasteiger charge is 2.54. The van der Waals surface area contributed by atoms with Gasteiger partial charge in [-0.25, -0.2) is 0 Å². The number of Topliss-reactive ketones (excluding diaryl/α,β-unsaturated/α-hetero) is 1. The molecule has 12 heterocycles. The van der Waals surface area contributed by atoms with Crippen molar-refractivity contribution in [1.29, 1.82) is 0 Å². The quantitative estimate of drug-likeness (QED) is 0.0698. The summed E-state index contributed by atoms with van der Waals surface area (Å²) in [6, 6.07) is 35.9. The molecule has 18 heteroatoms. The number of nitrogens with one attached hydrogen (secondary N) is 1. The molecule has 11 aliphatic heterocycles. The lowest BCUT2D eigenvalue weighted by atomic mass is 9.62. The number of carbonyl (C=O) groups is 1. The Bertz CT molecular complexity index is 4440. The summed E-state index contributed by atoms with van der Waals surface area (Å²) >= 11 is 0. The van der Waals surface area contributed by atoms with E-state index < -0.39 is 40.2 Å². The number of ketones is 1. The van der Waals surface area contributed by atoms with E-state index in [1.54, 1.807) is 43.2 Å². The van der Waals surface area contributed by atoms with Gasteiger partial charge in [0.25, 0.3) is 0 Å². The second-order valence-electron chi connectivity index (χ2n) is 28.7. The molecule has 7 aromatic carbocycles. The van der Waals surface area contributed by atoms with Crippen LogP contribution in [0, 0.1) is 17.8 Å². The van der Waals surface area contributed by atoms with E-state index in [0.29, 0.717) is 97.3 Å². The van der Waals surface area contributed by atoms with Crippen LogP contribution in [0.5, 0.6) is 23.0 Å². The molecule has 2 saturated heterocycles. The predicted molar refractivity (Wildman–Crippen MR) is 393 cm³/mol. The predicted octanol–water partition coefficient (Wildman–Crippen LogP) is 15.3. The Hall–Kier alpha value is -5.22. The first-order valence-electron chi connectivity index (χ1n) is 34.3. The number of aliphatic hydroxyl groups excluding tert-OH is 4. The van der Waals surface area contributed by atoms with Crippen LogP contribution in [0.3, 0.4) is 0 Å². The SMILES string of the molecule is CC(C)Cc1cc2c3c(c1O)Cc1cccc(c1)[C@H]1N[C@@H]4CSSC[C@@H](C(=O)Cc5ccc(cc5)C[C@]56SSCCC[C@H](O)[C@@H]7C[C@H](c8c(cc9c%10c(ccc5c8%10)C[C@@H](CCCO)[C@H]9CCO)-c5c(O)cc8oc-2c(O)c(=O)c8c5O7)[C@@H]6O)c2cccc(c2)C[C@H]4C[C@H]1SSC3. The van der Waals surface area contributed by atoms with E-state index in [0.717, 1.165) is 79.4 Å². The molecule has 8 N–H and O–H groups in total. The van der Waals surface area contributed by atoms with Crippen LogP contribution in [-0.4, -0.2) is 102 Å². The van der Waals surface area contributed by atoms with Crippen LogP contribution in [0.2, 0.25) is 0 Å². The Morgan fingerprint density at radius 1 is 0.740 bits per heavy atom. The third kappa shape index (κ3) is 11.5. The second kappa shape index (κ2) is 26.7. The van der Waals surface area contributed by atoms with E-state index in [1.165, 1.54) is 17.2 Å². The molecule has 12 nitrogen and oxygen atoms in total. The Kier molecular flexibility index (Phi) is 18.2. The van der Waals surface area contributed by atoms with Gasteiger partial charge in [0.15, 0.2) is 5.76 Å². The highest BCUT2D eigenvalue weighted by Crippen LogP contribution is 2.64. The van der Waals surface area contributed by atoms with Crippen LogP contribution in [0.4, 0.5) is 0 Å². The normalized spacial score (nSPS) is 27.6. The summed E-state index contributed by atoms with van der Waals surface area (Å²) in [5.74, 6) is 1.06. The van der Waals surface area contributed by atoms with Gasteiger partial charge in [-0.15, -0.1) is 0 Å². The number of aromatic hydroxyl groups is 3. The molecular weight excluding hydrogens is 1320 g/mol. The number of hydrogen-bond acceptors (Lipinski definition) is 18. The Morgan fingerprint density at radius 2 is 1.54 bits per heavy atom. The van der Waals surface area contributed by atoms with E-state index in [1.807, 2.05) is 27.7 Å². The molecule has 96 heavy (non-hydrogen) atoms. The maximum atomic E-state index is 16.0. The summed E-state index contributed by atoms with van der Waals surface area (Å²) in [4.78, 5) is 31.1. The van der Waals surface area contributed by atoms with Gasteiger partial charge in [-0.05, 0) is 190 Å². The molecule has 0 saturated carbocycles. The van der Waals surface area contributed by atoms with Crippen molar-refractivity contribution >= 4 is 92.3 Å². The van der Waals surface area contributed by atoms with Crippen molar-refractivity contribution in [1.82, 2.24) is 5.32 Å². The number of fused-ring (bicyclic) bond motifs is 4. The number of aliphatic hydroxyl groups is 4. The molecule has 2 fully saturated rings. The summed E-state index contributed by atoms with van der Waals surface area (Å²) in [6.45, 7) is 4.11. The summed E-state index contributed by atoms with van der Waals surface area (Å²) in [5, 5.41) is 93.1. The fourth-order valence-electron chi connectivity index (χ4n) is 17.8. The van der Waals surface area contributed by atoms with E-state index in [4.69, 9.17) is 9.15 Å². The number of phenols is 2. The molecule has 13 aliphatic rings. The minimum absolute atomic E-state index is 0.000467. The average Bonchev–Trinajstić information content (AvgIpc) is 0.710. The fourth-order valence-corrected chi connectivity index (χ4v) is 26.8. The Labute approximate surface area is 583 Å². The van der Waals surface area contributed by atoms with Crippen molar-refractivity contribution in [2.75, 3.05) is 30.5 Å². The molecule has 0 radical (unpaired) electrons. The molecule has 21 rings (SSSR count). The van der Waals surface area contributed by atoms with Crippen LogP contribution in [0.1, 0.15) is 155 Å². The van der Waals surface area contributed by atoms with Gasteiger partial charge in [0.1, 0.15) is 40.1 Å². The van der Waals surface area contributed by atoms with Crippen molar-refractivity contribution in [3.8, 4) is 45.4 Å². The van der Waals surface area contributed by atoms with Gasteiger partial charge in [0.05, 0.1) is 28.4 Å². The van der Waals surface area contributed by atoms with Crippen LogP contribution >= 0.6 is 64.8 Å².